The monoisotopic (exact) mass is 319 g/mol. The van der Waals surface area contributed by atoms with Crippen molar-refractivity contribution in [2.24, 2.45) is 0 Å². The lowest BCUT2D eigenvalue weighted by Crippen LogP contribution is -2.40. The van der Waals surface area contributed by atoms with Gasteiger partial charge in [-0.3, -0.25) is 4.79 Å². The van der Waals surface area contributed by atoms with E-state index in [4.69, 9.17) is 4.74 Å². The molecule has 5 heteroatoms. The molecule has 3 nitrogen and oxygen atoms in total. The summed E-state index contributed by atoms with van der Waals surface area (Å²) in [5, 5.41) is 6.64. The van der Waals surface area contributed by atoms with Crippen molar-refractivity contribution in [3.8, 4) is 0 Å². The van der Waals surface area contributed by atoms with Crippen LogP contribution in [0, 0.1) is 5.82 Å². The van der Waals surface area contributed by atoms with E-state index >= 15 is 0 Å². The number of halogens is 1. The Morgan fingerprint density at radius 1 is 1.41 bits per heavy atom. The fourth-order valence-corrected chi connectivity index (χ4v) is 2.65. The van der Waals surface area contributed by atoms with Crippen molar-refractivity contribution < 1.29 is 13.9 Å². The zero-order chi connectivity index (χ0) is 16.0. The number of benzene rings is 1. The maximum absolute atomic E-state index is 13.9. The maximum atomic E-state index is 13.9. The molecular formula is C17H18FNO2S. The molecule has 1 N–H and O–H groups in total. The van der Waals surface area contributed by atoms with Crippen molar-refractivity contribution in [3.63, 3.8) is 0 Å². The molecule has 0 aliphatic heterocycles. The smallest absolute Gasteiger partial charge is 0.244 e. The van der Waals surface area contributed by atoms with Crippen molar-refractivity contribution in [2.45, 2.75) is 12.5 Å². The van der Waals surface area contributed by atoms with E-state index in [2.05, 4.69) is 5.32 Å². The lowest BCUT2D eigenvalue weighted by atomic mass is 9.95. The van der Waals surface area contributed by atoms with Gasteiger partial charge in [-0.15, -0.1) is 0 Å². The Hall–Kier alpha value is -1.98. The molecule has 0 spiro atoms. The van der Waals surface area contributed by atoms with Crippen LogP contribution in [0.5, 0.6) is 0 Å². The van der Waals surface area contributed by atoms with Crippen molar-refractivity contribution in [3.05, 3.63) is 64.1 Å². The van der Waals surface area contributed by atoms with Gasteiger partial charge in [0.1, 0.15) is 11.4 Å². The van der Waals surface area contributed by atoms with Crippen molar-refractivity contribution in [2.75, 3.05) is 13.7 Å². The summed E-state index contributed by atoms with van der Waals surface area (Å²) in [6.45, 7) is 1.92. The van der Waals surface area contributed by atoms with Gasteiger partial charge in [0, 0.05) is 18.7 Å². The minimum absolute atomic E-state index is 0.178. The van der Waals surface area contributed by atoms with Crippen LogP contribution in [0.2, 0.25) is 0 Å². The molecule has 2 rings (SSSR count). The number of ether oxygens (including phenoxy) is 1. The maximum Gasteiger partial charge on any atom is 0.244 e. The van der Waals surface area contributed by atoms with E-state index in [1.54, 1.807) is 42.5 Å². The number of amides is 1. The molecule has 1 amide bonds. The third kappa shape index (κ3) is 4.02. The highest BCUT2D eigenvalue weighted by Gasteiger charge is 2.29. The molecule has 1 aromatic heterocycles. The molecule has 22 heavy (non-hydrogen) atoms. The number of hydrogen-bond donors (Lipinski definition) is 1. The van der Waals surface area contributed by atoms with Gasteiger partial charge < -0.3 is 10.1 Å². The van der Waals surface area contributed by atoms with Crippen molar-refractivity contribution >= 4 is 23.3 Å². The largest absolute Gasteiger partial charge is 0.372 e. The minimum atomic E-state index is -0.919. The van der Waals surface area contributed by atoms with E-state index in [0.29, 0.717) is 5.56 Å². The van der Waals surface area contributed by atoms with E-state index in [0.717, 1.165) is 5.56 Å². The van der Waals surface area contributed by atoms with Gasteiger partial charge >= 0.3 is 0 Å². The molecule has 1 atom stereocenters. The van der Waals surface area contributed by atoms with Gasteiger partial charge in [0.2, 0.25) is 5.91 Å². The summed E-state index contributed by atoms with van der Waals surface area (Å²) in [7, 11) is 1.50. The molecule has 0 saturated heterocycles. The van der Waals surface area contributed by atoms with E-state index in [1.807, 2.05) is 16.8 Å². The number of hydrogen-bond acceptors (Lipinski definition) is 3. The van der Waals surface area contributed by atoms with Gasteiger partial charge in [-0.1, -0.05) is 18.2 Å². The number of methoxy groups -OCH3 is 1. The zero-order valence-electron chi connectivity index (χ0n) is 12.5. The average Bonchev–Trinajstić information content (AvgIpc) is 3.04. The van der Waals surface area contributed by atoms with E-state index in [1.165, 1.54) is 19.3 Å². The second-order valence-electron chi connectivity index (χ2n) is 5.02. The third-order valence-electron chi connectivity index (χ3n) is 3.46. The van der Waals surface area contributed by atoms with Crippen LogP contribution < -0.4 is 5.32 Å². The molecule has 0 radical (unpaired) electrons. The third-order valence-corrected chi connectivity index (χ3v) is 4.17. The van der Waals surface area contributed by atoms with Gasteiger partial charge in [0.25, 0.3) is 0 Å². The molecule has 0 aliphatic carbocycles. The van der Waals surface area contributed by atoms with Crippen LogP contribution in [0.3, 0.4) is 0 Å². The van der Waals surface area contributed by atoms with Crippen LogP contribution in [0.4, 0.5) is 4.39 Å². The summed E-state index contributed by atoms with van der Waals surface area (Å²) in [5.74, 6) is -0.597. The predicted octanol–water partition coefficient (Wildman–Crippen LogP) is 3.58. The topological polar surface area (TPSA) is 38.3 Å². The highest BCUT2D eigenvalue weighted by molar-refractivity contribution is 7.08. The van der Waals surface area contributed by atoms with Crippen LogP contribution >= 0.6 is 11.3 Å². The van der Waals surface area contributed by atoms with Crippen LogP contribution in [-0.2, 0) is 15.1 Å². The minimum Gasteiger partial charge on any atom is -0.372 e. The summed E-state index contributed by atoms with van der Waals surface area (Å²) < 4.78 is 19.4. The van der Waals surface area contributed by atoms with E-state index < -0.39 is 5.60 Å². The van der Waals surface area contributed by atoms with Crippen molar-refractivity contribution in [1.82, 2.24) is 5.32 Å². The second kappa shape index (κ2) is 7.33. The Morgan fingerprint density at radius 3 is 2.82 bits per heavy atom. The molecule has 116 valence electrons. The highest BCUT2D eigenvalue weighted by Crippen LogP contribution is 2.26. The first-order valence-corrected chi connectivity index (χ1v) is 7.78. The van der Waals surface area contributed by atoms with E-state index in [9.17, 15) is 9.18 Å². The molecule has 0 aliphatic rings. The zero-order valence-corrected chi connectivity index (χ0v) is 13.3. The first-order chi connectivity index (χ1) is 10.5. The molecule has 1 heterocycles. The summed E-state index contributed by atoms with van der Waals surface area (Å²) in [6.07, 6.45) is 3.19. The first-order valence-electron chi connectivity index (χ1n) is 6.83. The lowest BCUT2D eigenvalue weighted by Gasteiger charge is -2.29. The fourth-order valence-electron chi connectivity index (χ4n) is 2.02. The number of carbonyl (C=O) groups is 1. The fraction of sp³-hybridized carbons (Fsp3) is 0.235. The van der Waals surface area contributed by atoms with Crippen molar-refractivity contribution in [1.29, 1.82) is 0 Å². The molecule has 0 saturated carbocycles. The number of carbonyl (C=O) groups excluding carboxylic acids is 1. The van der Waals surface area contributed by atoms with Gasteiger partial charge in [0.05, 0.1) is 6.54 Å². The number of rotatable bonds is 6. The van der Waals surface area contributed by atoms with Crippen LogP contribution in [0.15, 0.2) is 47.2 Å². The molecule has 1 unspecified atom stereocenters. The Balaban J connectivity index is 2.01. The van der Waals surface area contributed by atoms with Gasteiger partial charge in [-0.2, -0.15) is 11.3 Å². The first kappa shape index (κ1) is 16.4. The highest BCUT2D eigenvalue weighted by atomic mass is 32.1. The number of thiophene rings is 1. The van der Waals surface area contributed by atoms with Crippen LogP contribution in [-0.4, -0.2) is 19.6 Å². The molecule has 1 aromatic carbocycles. The number of nitrogens with one attached hydrogen (secondary N) is 1. The molecule has 0 bridgehead atoms. The van der Waals surface area contributed by atoms with Gasteiger partial charge in [-0.25, -0.2) is 4.39 Å². The lowest BCUT2D eigenvalue weighted by molar-refractivity contribution is -0.118. The summed E-state index contributed by atoms with van der Waals surface area (Å²) in [5.41, 5.74) is 0.473. The van der Waals surface area contributed by atoms with Crippen LogP contribution in [0.1, 0.15) is 18.1 Å². The summed E-state index contributed by atoms with van der Waals surface area (Å²) in [4.78, 5) is 11.9. The quantitative estimate of drug-likeness (QED) is 0.827. The molecular weight excluding hydrogens is 301 g/mol. The Labute approximate surface area is 133 Å². The Bertz CT molecular complexity index is 654. The van der Waals surface area contributed by atoms with Crippen LogP contribution in [0.25, 0.3) is 6.08 Å². The second-order valence-corrected chi connectivity index (χ2v) is 5.80. The Kier molecular flexibility index (Phi) is 5.46. The predicted molar refractivity (Wildman–Crippen MR) is 87.1 cm³/mol. The van der Waals surface area contributed by atoms with Gasteiger partial charge in [-0.05, 0) is 41.5 Å². The molecule has 0 fully saturated rings. The average molecular weight is 319 g/mol. The van der Waals surface area contributed by atoms with E-state index in [-0.39, 0.29) is 18.3 Å². The SMILES string of the molecule is COC(C)(CNC(=O)C=Cc1ccsc1)c1ccccc1F. The van der Waals surface area contributed by atoms with Gasteiger partial charge in [0.15, 0.2) is 0 Å². The Morgan fingerprint density at radius 2 is 2.18 bits per heavy atom. The summed E-state index contributed by atoms with van der Waals surface area (Å²) in [6, 6.07) is 8.33. The molecule has 2 aromatic rings. The normalized spacial score (nSPS) is 14.0. The standard InChI is InChI=1S/C17H18FNO2S/c1-17(21-2,14-5-3-4-6-15(14)18)12-19-16(20)8-7-13-9-10-22-11-13/h3-11H,12H2,1-2H3,(H,19,20). The summed E-state index contributed by atoms with van der Waals surface area (Å²) >= 11 is 1.57.